The van der Waals surface area contributed by atoms with Crippen LogP contribution >= 0.6 is 0 Å². The molecule has 4 amide bonds. The molecule has 3 fully saturated rings. The highest BCUT2D eigenvalue weighted by Gasteiger charge is 2.62. The SMILES string of the molecule is CCc1ccc(N2C(=O)C3CC=C4C(CC5C(=O)N(c6ccc(CC)cc6)C(=O)C5C4c4ccc(O)cc4)C3C2=O)cc1. The van der Waals surface area contributed by atoms with Crippen molar-refractivity contribution in [3.8, 4) is 5.75 Å². The van der Waals surface area contributed by atoms with E-state index in [-0.39, 0.29) is 35.3 Å². The number of hydrogen-bond donors (Lipinski definition) is 1. The average Bonchev–Trinajstić information content (AvgIpc) is 3.44. The summed E-state index contributed by atoms with van der Waals surface area (Å²) in [5.41, 5.74) is 5.12. The minimum atomic E-state index is -0.633. The Hall–Kier alpha value is -4.52. The molecule has 0 radical (unpaired) electrons. The van der Waals surface area contributed by atoms with Crippen molar-refractivity contribution >= 4 is 35.0 Å². The van der Waals surface area contributed by atoms with Gasteiger partial charge in [0.1, 0.15) is 5.75 Å². The van der Waals surface area contributed by atoms with E-state index in [9.17, 15) is 24.3 Å². The smallest absolute Gasteiger partial charge is 0.238 e. The largest absolute Gasteiger partial charge is 0.508 e. The Balaban J connectivity index is 1.30. The van der Waals surface area contributed by atoms with E-state index >= 15 is 0 Å². The molecule has 1 saturated carbocycles. The molecule has 0 spiro atoms. The number of phenolic OH excluding ortho intramolecular Hbond substituents is 1. The maximum Gasteiger partial charge on any atom is 0.238 e. The Morgan fingerprint density at radius 2 is 1.14 bits per heavy atom. The molecule has 7 rings (SSSR count). The summed E-state index contributed by atoms with van der Waals surface area (Å²) in [7, 11) is 0. The molecule has 4 aliphatic rings. The maximum absolute atomic E-state index is 14.2. The number of allylic oxidation sites excluding steroid dienone is 2. The summed E-state index contributed by atoms with van der Waals surface area (Å²) in [6.45, 7) is 4.11. The number of aryl methyl sites for hydroxylation is 2. The van der Waals surface area contributed by atoms with Gasteiger partial charge in [-0.05, 0) is 84.7 Å². The summed E-state index contributed by atoms with van der Waals surface area (Å²) in [6, 6.07) is 21.8. The summed E-state index contributed by atoms with van der Waals surface area (Å²) in [5, 5.41) is 10.0. The van der Waals surface area contributed by atoms with Crippen LogP contribution in [0.2, 0.25) is 0 Å². The molecular weight excluding hydrogens is 540 g/mol. The van der Waals surface area contributed by atoms with E-state index in [0.29, 0.717) is 24.2 Å². The highest BCUT2D eigenvalue weighted by atomic mass is 16.3. The number of benzene rings is 3. The second-order valence-electron chi connectivity index (χ2n) is 12.2. The molecule has 3 aromatic rings. The fourth-order valence-electron chi connectivity index (χ4n) is 7.92. The number of nitrogens with zero attached hydrogens (tertiary/aromatic N) is 2. The molecule has 2 aliphatic heterocycles. The van der Waals surface area contributed by atoms with Crippen LogP contribution in [-0.4, -0.2) is 28.7 Å². The first-order chi connectivity index (χ1) is 20.8. The van der Waals surface area contributed by atoms with Gasteiger partial charge in [0.05, 0.1) is 35.0 Å². The fraction of sp³-hybridized carbons (Fsp3) is 0.333. The summed E-state index contributed by atoms with van der Waals surface area (Å²) in [6.07, 6.45) is 4.49. The van der Waals surface area contributed by atoms with Crippen LogP contribution in [0.5, 0.6) is 5.75 Å². The van der Waals surface area contributed by atoms with E-state index in [1.807, 2.05) is 54.6 Å². The number of carbonyl (C=O) groups excluding carboxylic acids is 4. The second-order valence-corrected chi connectivity index (χ2v) is 12.2. The van der Waals surface area contributed by atoms with Crippen molar-refractivity contribution in [2.24, 2.45) is 29.6 Å². The number of fused-ring (bicyclic) bond motifs is 4. The van der Waals surface area contributed by atoms with Crippen LogP contribution in [0, 0.1) is 29.6 Å². The molecule has 0 aromatic heterocycles. The van der Waals surface area contributed by atoms with Crippen molar-refractivity contribution in [3.05, 3.63) is 101 Å². The lowest BCUT2D eigenvalue weighted by molar-refractivity contribution is -0.126. The van der Waals surface area contributed by atoms with Crippen LogP contribution in [0.1, 0.15) is 49.3 Å². The lowest BCUT2D eigenvalue weighted by Crippen LogP contribution is -2.43. The van der Waals surface area contributed by atoms with Crippen molar-refractivity contribution < 1.29 is 24.3 Å². The van der Waals surface area contributed by atoms with Gasteiger partial charge in [-0.1, -0.05) is 61.9 Å². The highest BCUT2D eigenvalue weighted by molar-refractivity contribution is 6.24. The molecule has 0 bridgehead atoms. The number of anilines is 2. The van der Waals surface area contributed by atoms with Crippen molar-refractivity contribution in [1.82, 2.24) is 0 Å². The number of carbonyl (C=O) groups is 4. The lowest BCUT2D eigenvalue weighted by Gasteiger charge is -2.44. The average molecular weight is 575 g/mol. The molecule has 7 nitrogen and oxygen atoms in total. The Labute approximate surface area is 250 Å². The van der Waals surface area contributed by atoms with Crippen LogP contribution in [0.3, 0.4) is 0 Å². The van der Waals surface area contributed by atoms with Crippen LogP contribution in [0.15, 0.2) is 84.4 Å². The standard InChI is InChI=1S/C36H34N2O5/c1-3-20-5-11-23(12-6-20)37-33(40)27-18-17-26-28(31(27)35(37)42)19-29-32(30(26)22-9-15-25(39)16-10-22)36(43)38(34(29)41)24-13-7-21(4-2)8-14-24/h5-17,27-32,39H,3-4,18-19H2,1-2H3. The number of rotatable bonds is 5. The number of aromatic hydroxyl groups is 1. The topological polar surface area (TPSA) is 95.0 Å². The summed E-state index contributed by atoms with van der Waals surface area (Å²) >= 11 is 0. The van der Waals surface area contributed by atoms with E-state index in [0.717, 1.165) is 35.1 Å². The number of phenols is 1. The van der Waals surface area contributed by atoms with Gasteiger partial charge in [0.2, 0.25) is 23.6 Å². The molecule has 6 unspecified atom stereocenters. The van der Waals surface area contributed by atoms with Gasteiger partial charge in [-0.15, -0.1) is 0 Å². The van der Waals surface area contributed by atoms with Gasteiger partial charge in [-0.25, -0.2) is 0 Å². The van der Waals surface area contributed by atoms with E-state index in [2.05, 4.69) is 13.8 Å². The van der Waals surface area contributed by atoms with E-state index in [4.69, 9.17) is 0 Å². The Morgan fingerprint density at radius 1 is 0.628 bits per heavy atom. The molecule has 43 heavy (non-hydrogen) atoms. The van der Waals surface area contributed by atoms with E-state index in [1.165, 1.54) is 9.80 Å². The molecule has 6 atom stereocenters. The maximum atomic E-state index is 14.2. The van der Waals surface area contributed by atoms with Gasteiger partial charge in [-0.2, -0.15) is 0 Å². The van der Waals surface area contributed by atoms with Crippen LogP contribution in [0.4, 0.5) is 11.4 Å². The summed E-state index contributed by atoms with van der Waals surface area (Å²) in [5.74, 6) is -3.99. The monoisotopic (exact) mass is 574 g/mol. The molecule has 1 N–H and O–H groups in total. The van der Waals surface area contributed by atoms with Gasteiger partial charge < -0.3 is 5.11 Å². The van der Waals surface area contributed by atoms with Crippen molar-refractivity contribution in [2.75, 3.05) is 9.80 Å². The third-order valence-corrected chi connectivity index (χ3v) is 10.1. The number of hydrogen-bond acceptors (Lipinski definition) is 5. The zero-order valence-electron chi connectivity index (χ0n) is 24.3. The third kappa shape index (κ3) is 4.16. The van der Waals surface area contributed by atoms with Crippen LogP contribution in [0.25, 0.3) is 0 Å². The first-order valence-corrected chi connectivity index (χ1v) is 15.2. The van der Waals surface area contributed by atoms with E-state index < -0.39 is 29.6 Å². The van der Waals surface area contributed by atoms with Gasteiger partial charge in [0.25, 0.3) is 0 Å². The van der Waals surface area contributed by atoms with Gasteiger partial charge in [0, 0.05) is 5.92 Å². The van der Waals surface area contributed by atoms with Gasteiger partial charge in [0.15, 0.2) is 0 Å². The molecule has 3 aromatic carbocycles. The first-order valence-electron chi connectivity index (χ1n) is 15.2. The minimum absolute atomic E-state index is 0.109. The normalized spacial score (nSPS) is 28.1. The third-order valence-electron chi connectivity index (χ3n) is 10.1. The van der Waals surface area contributed by atoms with Crippen molar-refractivity contribution in [1.29, 1.82) is 0 Å². The second kappa shape index (κ2) is 10.3. The predicted octanol–water partition coefficient (Wildman–Crippen LogP) is 5.56. The Morgan fingerprint density at radius 3 is 1.67 bits per heavy atom. The number of amides is 4. The van der Waals surface area contributed by atoms with Crippen LogP contribution in [-0.2, 0) is 32.0 Å². The molecule has 7 heteroatoms. The molecule has 218 valence electrons. The highest BCUT2D eigenvalue weighted by Crippen LogP contribution is 2.58. The zero-order valence-corrected chi connectivity index (χ0v) is 24.3. The Bertz CT molecular complexity index is 1660. The van der Waals surface area contributed by atoms with Gasteiger partial charge >= 0.3 is 0 Å². The molecular formula is C36H34N2O5. The molecule has 2 heterocycles. The quantitative estimate of drug-likeness (QED) is 0.318. The van der Waals surface area contributed by atoms with Crippen LogP contribution < -0.4 is 9.80 Å². The lowest BCUT2D eigenvalue weighted by atomic mass is 9.57. The summed E-state index contributed by atoms with van der Waals surface area (Å²) in [4.78, 5) is 58.7. The van der Waals surface area contributed by atoms with E-state index in [1.54, 1.807) is 24.3 Å². The predicted molar refractivity (Wildman–Crippen MR) is 162 cm³/mol. The Kier molecular flexibility index (Phi) is 6.56. The summed E-state index contributed by atoms with van der Waals surface area (Å²) < 4.78 is 0. The zero-order chi connectivity index (χ0) is 30.0. The fourth-order valence-corrected chi connectivity index (χ4v) is 7.92. The minimum Gasteiger partial charge on any atom is -0.508 e. The first kappa shape index (κ1) is 27.3. The van der Waals surface area contributed by atoms with Gasteiger partial charge in [-0.3, -0.25) is 29.0 Å². The van der Waals surface area contributed by atoms with Crippen molar-refractivity contribution in [2.45, 2.75) is 45.4 Å². The molecule has 2 aliphatic carbocycles. The number of imide groups is 2. The van der Waals surface area contributed by atoms with Crippen molar-refractivity contribution in [3.63, 3.8) is 0 Å². The molecule has 2 saturated heterocycles.